The molecule has 2 aromatic heterocycles. The first kappa shape index (κ1) is 25.2. The van der Waals surface area contributed by atoms with Gasteiger partial charge < -0.3 is 18.8 Å². The zero-order valence-corrected chi connectivity index (χ0v) is 17.3. The molecule has 1 unspecified atom stereocenters. The number of pyridine rings is 1. The molecule has 0 bridgehead atoms. The largest absolute Gasteiger partial charge is 0.490 e. The summed E-state index contributed by atoms with van der Waals surface area (Å²) in [5.74, 6) is -4.01. The minimum absolute atomic E-state index is 0.0668. The fourth-order valence-corrected chi connectivity index (χ4v) is 3.05. The van der Waals surface area contributed by atoms with E-state index >= 15 is 0 Å². The van der Waals surface area contributed by atoms with Gasteiger partial charge in [0.15, 0.2) is 6.23 Å². The summed E-state index contributed by atoms with van der Waals surface area (Å²) in [4.78, 5) is 28.1. The number of hydrogen-bond acceptors (Lipinski definition) is 9. The zero-order valence-electron chi connectivity index (χ0n) is 17.3. The van der Waals surface area contributed by atoms with E-state index in [1.54, 1.807) is 0 Å². The van der Waals surface area contributed by atoms with Gasteiger partial charge >= 0.3 is 30.1 Å². The van der Waals surface area contributed by atoms with Gasteiger partial charge in [-0.05, 0) is 18.9 Å². The van der Waals surface area contributed by atoms with Crippen LogP contribution in [0.25, 0.3) is 0 Å². The van der Waals surface area contributed by atoms with Crippen molar-refractivity contribution in [1.29, 1.82) is 0 Å². The molecule has 1 aliphatic rings. The third-order valence-electron chi connectivity index (χ3n) is 4.57. The van der Waals surface area contributed by atoms with Crippen LogP contribution in [-0.4, -0.2) is 57.3 Å². The van der Waals surface area contributed by atoms with Gasteiger partial charge in [0.05, 0.1) is 6.54 Å². The minimum atomic E-state index is -5.40. The third kappa shape index (κ3) is 6.12. The number of nitrogens with zero attached hydrogens (tertiary/aromatic N) is 4. The highest BCUT2D eigenvalue weighted by atomic mass is 19.4. The van der Waals surface area contributed by atoms with Gasteiger partial charge in [0, 0.05) is 25.1 Å². The molecule has 2 aromatic rings. The van der Waals surface area contributed by atoms with Gasteiger partial charge in [0.25, 0.3) is 0 Å². The predicted octanol–water partition coefficient (Wildman–Crippen LogP) is 2.54. The van der Waals surface area contributed by atoms with Crippen LogP contribution in [0.4, 0.5) is 26.3 Å². The van der Waals surface area contributed by atoms with E-state index < -0.39 is 53.7 Å². The summed E-state index contributed by atoms with van der Waals surface area (Å²) in [6, 6.07) is 1.17. The zero-order chi connectivity index (χ0) is 25.3. The lowest BCUT2D eigenvalue weighted by atomic mass is 10.1. The Morgan fingerprint density at radius 3 is 2.50 bits per heavy atom. The average molecular weight is 497 g/mol. The second-order valence-corrected chi connectivity index (χ2v) is 7.20. The fraction of sp³-hybridized carbons (Fsp3) is 0.500. The maximum Gasteiger partial charge on any atom is 0.490 e. The topological polar surface area (TPSA) is 134 Å². The van der Waals surface area contributed by atoms with Gasteiger partial charge in [-0.2, -0.15) is 26.3 Å². The van der Waals surface area contributed by atoms with Crippen molar-refractivity contribution in [2.45, 2.75) is 44.4 Å². The molecule has 1 saturated heterocycles. The molecule has 1 amide bonds. The van der Waals surface area contributed by atoms with Gasteiger partial charge in [0.2, 0.25) is 11.8 Å². The van der Waals surface area contributed by atoms with Crippen molar-refractivity contribution in [3.8, 4) is 5.88 Å². The summed E-state index contributed by atoms with van der Waals surface area (Å²) >= 11 is 0. The van der Waals surface area contributed by atoms with Gasteiger partial charge in [-0.25, -0.2) is 9.78 Å². The summed E-state index contributed by atoms with van der Waals surface area (Å²) < 4.78 is 91.6. The van der Waals surface area contributed by atoms with Gasteiger partial charge in [-0.1, -0.05) is 0 Å². The van der Waals surface area contributed by atoms with Crippen LogP contribution in [-0.2, 0) is 15.7 Å². The Labute approximate surface area is 187 Å². The summed E-state index contributed by atoms with van der Waals surface area (Å²) in [6.07, 6.45) is -12.7. The van der Waals surface area contributed by atoms with Crippen LogP contribution in [0.5, 0.6) is 5.88 Å². The van der Waals surface area contributed by atoms with Crippen LogP contribution in [0.2, 0.25) is 0 Å². The summed E-state index contributed by atoms with van der Waals surface area (Å²) in [6.45, 7) is 1.71. The van der Waals surface area contributed by atoms with Crippen LogP contribution in [0.15, 0.2) is 16.5 Å². The second-order valence-electron chi connectivity index (χ2n) is 7.20. The average Bonchev–Trinajstić information content (AvgIpc) is 3.18. The maximum absolute atomic E-state index is 13.3. The molecular weight excluding hydrogens is 480 g/mol. The number of likely N-dealkylation sites (tertiary alicyclic amines) is 1. The molecule has 0 saturated carbocycles. The number of ether oxygens (including phenoxy) is 2. The molecule has 0 aliphatic carbocycles. The number of aryl methyl sites for hydroxylation is 1. The van der Waals surface area contributed by atoms with Gasteiger partial charge in [-0.3, -0.25) is 10.5 Å². The molecule has 3 rings (SSSR count). The van der Waals surface area contributed by atoms with E-state index in [9.17, 15) is 35.9 Å². The maximum atomic E-state index is 13.3. The molecule has 10 nitrogen and oxygen atoms in total. The molecule has 2 atom stereocenters. The number of nitrogens with two attached hydrogens (primary N) is 1. The summed E-state index contributed by atoms with van der Waals surface area (Å²) in [7, 11) is 0. The Balaban J connectivity index is 1.79. The van der Waals surface area contributed by atoms with E-state index in [-0.39, 0.29) is 18.3 Å². The highest BCUT2D eigenvalue weighted by Crippen LogP contribution is 2.32. The lowest BCUT2D eigenvalue weighted by molar-refractivity contribution is -0.205. The molecule has 0 aromatic carbocycles. The van der Waals surface area contributed by atoms with Crippen molar-refractivity contribution >= 4 is 11.9 Å². The monoisotopic (exact) mass is 497 g/mol. The van der Waals surface area contributed by atoms with E-state index in [2.05, 4.69) is 19.9 Å². The van der Waals surface area contributed by atoms with Crippen molar-refractivity contribution in [2.24, 2.45) is 5.73 Å². The number of amides is 1. The lowest BCUT2D eigenvalue weighted by Gasteiger charge is -2.32. The Kier molecular flexibility index (Phi) is 6.99. The quantitative estimate of drug-likeness (QED) is 0.376. The van der Waals surface area contributed by atoms with Gasteiger partial charge in [0.1, 0.15) is 11.8 Å². The second kappa shape index (κ2) is 9.44. The number of halogens is 6. The highest BCUT2D eigenvalue weighted by molar-refractivity contribution is 5.89. The molecule has 3 heterocycles. The number of aromatic nitrogens is 3. The highest BCUT2D eigenvalue weighted by Gasteiger charge is 2.42. The number of esters is 1. The first-order valence-corrected chi connectivity index (χ1v) is 9.62. The number of hydrogen-bond donors (Lipinski definition) is 1. The lowest BCUT2D eigenvalue weighted by Crippen LogP contribution is -2.44. The first-order chi connectivity index (χ1) is 15.7. The molecule has 16 heteroatoms. The van der Waals surface area contributed by atoms with E-state index in [0.29, 0.717) is 25.5 Å². The van der Waals surface area contributed by atoms with Crippen LogP contribution in [0.1, 0.15) is 46.9 Å². The molecule has 2 N–H and O–H groups in total. The standard InChI is InChI=1S/C18H17F6N5O5/c1-8-27-28-14(32-8)15(30)29-4-2-3-10(7-29)33-12-6-9(5-11(26-12)17(19,20)21)13(25)34-16(31)18(22,23)24/h5-6,10,13H,2-4,7,25H2,1H3/t10-,13?/m0/s1. The SMILES string of the molecule is Cc1nnc(C(=O)N2CCC[C@H](Oc3cc(C(N)OC(=O)C(F)(F)F)cc(C(F)(F)F)n3)C2)o1. The Bertz CT molecular complexity index is 1060. The number of piperidine rings is 1. The van der Waals surface area contributed by atoms with E-state index in [1.807, 2.05) is 0 Å². The van der Waals surface area contributed by atoms with Gasteiger partial charge in [-0.15, -0.1) is 10.2 Å². The molecule has 0 radical (unpaired) electrons. The van der Waals surface area contributed by atoms with Crippen molar-refractivity contribution in [2.75, 3.05) is 13.1 Å². The molecule has 0 spiro atoms. The minimum Gasteiger partial charge on any atom is -0.472 e. The molecule has 1 aliphatic heterocycles. The molecular formula is C18H17F6N5O5. The van der Waals surface area contributed by atoms with Crippen molar-refractivity contribution in [1.82, 2.24) is 20.1 Å². The number of carbonyl (C=O) groups is 2. The predicted molar refractivity (Wildman–Crippen MR) is 96.9 cm³/mol. The van der Waals surface area contributed by atoms with E-state index in [4.69, 9.17) is 14.9 Å². The number of carbonyl (C=O) groups excluding carboxylic acids is 2. The van der Waals surface area contributed by atoms with Crippen LogP contribution < -0.4 is 10.5 Å². The van der Waals surface area contributed by atoms with Crippen molar-refractivity contribution < 1.29 is 49.8 Å². The van der Waals surface area contributed by atoms with Crippen LogP contribution >= 0.6 is 0 Å². The van der Waals surface area contributed by atoms with Crippen molar-refractivity contribution in [3.05, 3.63) is 35.2 Å². The number of rotatable bonds is 5. The Hall–Kier alpha value is -3.43. The Morgan fingerprint density at radius 2 is 1.91 bits per heavy atom. The van der Waals surface area contributed by atoms with Crippen LogP contribution in [0.3, 0.4) is 0 Å². The van der Waals surface area contributed by atoms with E-state index in [1.165, 1.54) is 11.8 Å². The van der Waals surface area contributed by atoms with Crippen molar-refractivity contribution in [3.63, 3.8) is 0 Å². The number of alkyl halides is 6. The molecule has 186 valence electrons. The summed E-state index contributed by atoms with van der Waals surface area (Å²) in [5.41, 5.74) is 3.22. The third-order valence-corrected chi connectivity index (χ3v) is 4.57. The fourth-order valence-electron chi connectivity index (χ4n) is 3.05. The van der Waals surface area contributed by atoms with E-state index in [0.717, 1.165) is 6.07 Å². The Morgan fingerprint density at radius 1 is 1.21 bits per heavy atom. The van der Waals surface area contributed by atoms with Crippen LogP contribution in [0, 0.1) is 6.92 Å². The normalized spacial score (nSPS) is 17.9. The smallest absolute Gasteiger partial charge is 0.472 e. The molecule has 34 heavy (non-hydrogen) atoms. The molecule has 1 fully saturated rings. The summed E-state index contributed by atoms with van der Waals surface area (Å²) in [5, 5.41) is 7.17. The first-order valence-electron chi connectivity index (χ1n) is 9.62.